The number of nitrogens with zero attached hydrogens (tertiary/aromatic N) is 4. The SMILES string of the molecule is CC1(C)OCCn2c1nc(C(=O)NCc1ccc(F)cc1P(=O)(O)OCCO)c(OCc1ccccc1)c2=O.CC1(C)OCCn2c1nc(C(=O)NCc1ccc(F)cc1P1(=O)OCCO1)c(OCc1ccccc1)c2=O. The van der Waals surface area contributed by atoms with Crippen LogP contribution in [0.5, 0.6) is 11.5 Å². The summed E-state index contributed by atoms with van der Waals surface area (Å²) in [6.45, 7) is 6.92. The number of carbonyl (C=O) groups excluding carboxylic acids is 2. The zero-order valence-corrected chi connectivity index (χ0v) is 44.2. The molecule has 0 aliphatic carbocycles. The van der Waals surface area contributed by atoms with E-state index in [9.17, 15) is 42.0 Å². The van der Waals surface area contributed by atoms with Gasteiger partial charge in [0.15, 0.2) is 11.4 Å². The maximum Gasteiger partial charge on any atom is 0.361 e. The summed E-state index contributed by atoms with van der Waals surface area (Å²) in [5.74, 6) is -2.80. The van der Waals surface area contributed by atoms with E-state index in [2.05, 4.69) is 20.6 Å². The number of aromatic nitrogens is 4. The van der Waals surface area contributed by atoms with Crippen molar-refractivity contribution in [3.05, 3.63) is 175 Å². The molecule has 1 unspecified atom stereocenters. The van der Waals surface area contributed by atoms with Crippen molar-refractivity contribution < 1.29 is 70.0 Å². The molecular weight excluding hydrogens is 1050 g/mol. The molecule has 5 heterocycles. The average Bonchev–Trinajstić information content (AvgIpc) is 3.87. The first kappa shape index (κ1) is 56.4. The lowest BCUT2D eigenvalue weighted by atomic mass is 10.1. The first-order chi connectivity index (χ1) is 36.7. The monoisotopic (exact) mass is 1100 g/mol. The number of carbonyl (C=O) groups is 2. The third-order valence-electron chi connectivity index (χ3n) is 12.3. The molecule has 9 rings (SSSR count). The number of hydrogen-bond donors (Lipinski definition) is 4. The van der Waals surface area contributed by atoms with E-state index in [-0.39, 0.29) is 104 Å². The van der Waals surface area contributed by atoms with Crippen LogP contribution >= 0.6 is 15.2 Å². The highest BCUT2D eigenvalue weighted by molar-refractivity contribution is 7.62. The number of rotatable bonds is 17. The average molecular weight is 1100 g/mol. The van der Waals surface area contributed by atoms with E-state index < -0.39 is 74.2 Å². The highest BCUT2D eigenvalue weighted by Crippen LogP contribution is 2.51. The van der Waals surface area contributed by atoms with Crippen molar-refractivity contribution in [3.8, 4) is 11.5 Å². The van der Waals surface area contributed by atoms with Gasteiger partial charge in [-0.25, -0.2) is 18.7 Å². The van der Waals surface area contributed by atoms with Gasteiger partial charge in [-0.1, -0.05) is 72.8 Å². The molecule has 0 saturated carbocycles. The minimum absolute atomic E-state index is 0.00921. The van der Waals surface area contributed by atoms with Crippen molar-refractivity contribution >= 4 is 37.6 Å². The Morgan fingerprint density at radius 2 is 1.16 bits per heavy atom. The van der Waals surface area contributed by atoms with Crippen LogP contribution in [0.2, 0.25) is 0 Å². The minimum atomic E-state index is -4.51. The number of ether oxygens (including phenoxy) is 4. The molecule has 4 aromatic carbocycles. The van der Waals surface area contributed by atoms with Crippen LogP contribution in [0.4, 0.5) is 8.78 Å². The Balaban J connectivity index is 0.000000204. The van der Waals surface area contributed by atoms with E-state index >= 15 is 0 Å². The van der Waals surface area contributed by atoms with Crippen LogP contribution in [-0.4, -0.2) is 80.6 Å². The smallest absolute Gasteiger partial charge is 0.361 e. The van der Waals surface area contributed by atoms with E-state index in [0.717, 1.165) is 29.3 Å². The summed E-state index contributed by atoms with van der Waals surface area (Å²) in [5, 5.41) is 13.9. The molecule has 1 fully saturated rings. The standard InChI is InChI=1S/C26H29FN3O8P.C26H27FN3O7P/c1-26(2)25-29-21(22(24(33)30(25)10-12-37-26)36-16-17-6-4-3-5-7-17)23(32)28-15-18-8-9-19(27)14-20(18)39(34,35)38-13-11-31;1-26(2)25-29-21(22(24(32)30(25)10-11-35-26)34-16-17-6-4-3-5-7-17)23(31)28-15-18-8-9-19(27)14-20(18)38(33)36-12-13-37-38/h3-9,14,31H,10-13,15-16H2,1-2H3,(H,28,32)(H,34,35);3-9,14H,10-13,15-16H2,1-2H3,(H,28,31). The zero-order chi connectivity index (χ0) is 55.1. The second-order valence-electron chi connectivity index (χ2n) is 18.6. The molecule has 6 aromatic rings. The number of benzene rings is 4. The molecule has 4 N–H and O–H groups in total. The van der Waals surface area contributed by atoms with Gasteiger partial charge < -0.3 is 53.2 Å². The third kappa shape index (κ3) is 13.0. The van der Waals surface area contributed by atoms with Gasteiger partial charge in [-0.3, -0.25) is 37.4 Å². The molecule has 0 spiro atoms. The zero-order valence-electron chi connectivity index (χ0n) is 42.4. The second kappa shape index (κ2) is 23.9. The molecule has 2 aromatic heterocycles. The molecular formula is C52H56F2N6O15P2. The fourth-order valence-electron chi connectivity index (χ4n) is 8.48. The molecule has 1 atom stereocenters. The second-order valence-corrected chi connectivity index (χ2v) is 22.3. The lowest BCUT2D eigenvalue weighted by molar-refractivity contribution is -0.0570. The summed E-state index contributed by atoms with van der Waals surface area (Å²) >= 11 is 0. The van der Waals surface area contributed by atoms with E-state index in [4.69, 9.17) is 37.6 Å². The van der Waals surface area contributed by atoms with Gasteiger partial charge in [0.05, 0.1) is 63.3 Å². The minimum Gasteiger partial charge on any atom is -0.481 e. The molecule has 3 aliphatic heterocycles. The Morgan fingerprint density at radius 1 is 0.701 bits per heavy atom. The van der Waals surface area contributed by atoms with Crippen molar-refractivity contribution in [1.29, 1.82) is 0 Å². The van der Waals surface area contributed by atoms with Crippen molar-refractivity contribution in [2.75, 3.05) is 39.6 Å². The van der Waals surface area contributed by atoms with Crippen LogP contribution in [0, 0.1) is 11.6 Å². The number of nitrogens with one attached hydrogen (secondary N) is 2. The molecule has 0 bridgehead atoms. The quantitative estimate of drug-likeness (QED) is 0.0876. The number of fused-ring (bicyclic) bond motifs is 2. The van der Waals surface area contributed by atoms with Gasteiger partial charge in [0.25, 0.3) is 22.9 Å². The molecule has 25 heteroatoms. The van der Waals surface area contributed by atoms with Gasteiger partial charge in [0.2, 0.25) is 11.5 Å². The lowest BCUT2D eigenvalue weighted by Gasteiger charge is -2.33. The fourth-order valence-corrected chi connectivity index (χ4v) is 11.5. The molecule has 21 nitrogen and oxygen atoms in total. The Kier molecular flexibility index (Phi) is 17.5. The highest BCUT2D eigenvalue weighted by atomic mass is 31.2. The number of hydrogen-bond acceptors (Lipinski definition) is 16. The maximum atomic E-state index is 14.0. The summed E-state index contributed by atoms with van der Waals surface area (Å²) in [6, 6.07) is 25.1. The normalized spacial score (nSPS) is 16.6. The molecule has 408 valence electrons. The Bertz CT molecular complexity index is 3370. The molecule has 3 aliphatic rings. The van der Waals surface area contributed by atoms with Crippen molar-refractivity contribution in [1.82, 2.24) is 29.7 Å². The number of aliphatic hydroxyl groups excluding tert-OH is 1. The van der Waals surface area contributed by atoms with Crippen LogP contribution in [0.1, 0.15) is 82.6 Å². The van der Waals surface area contributed by atoms with Crippen LogP contribution < -0.4 is 41.8 Å². The van der Waals surface area contributed by atoms with E-state index in [1.807, 2.05) is 60.7 Å². The molecule has 77 heavy (non-hydrogen) atoms. The van der Waals surface area contributed by atoms with E-state index in [0.29, 0.717) is 18.0 Å². The van der Waals surface area contributed by atoms with Crippen LogP contribution in [-0.2, 0) is 82.8 Å². The van der Waals surface area contributed by atoms with E-state index in [1.165, 1.54) is 27.3 Å². The van der Waals surface area contributed by atoms with Gasteiger partial charge >= 0.3 is 15.2 Å². The Morgan fingerprint density at radius 3 is 1.64 bits per heavy atom. The molecule has 1 saturated heterocycles. The van der Waals surface area contributed by atoms with Gasteiger partial charge in [-0.2, -0.15) is 0 Å². The Hall–Kier alpha value is -6.78. The third-order valence-corrected chi connectivity index (χ3v) is 15.9. The predicted molar refractivity (Wildman–Crippen MR) is 273 cm³/mol. The molecule has 0 radical (unpaired) electrons. The number of halogens is 2. The predicted octanol–water partition coefficient (Wildman–Crippen LogP) is 5.00. The van der Waals surface area contributed by atoms with Gasteiger partial charge in [0.1, 0.15) is 47.7 Å². The summed E-state index contributed by atoms with van der Waals surface area (Å²) in [7, 11) is -8.23. The van der Waals surface area contributed by atoms with Crippen molar-refractivity contribution in [2.45, 2.75) is 78.3 Å². The maximum absolute atomic E-state index is 14.0. The van der Waals surface area contributed by atoms with Gasteiger partial charge in [-0.15, -0.1) is 0 Å². The van der Waals surface area contributed by atoms with Crippen LogP contribution in [0.25, 0.3) is 0 Å². The van der Waals surface area contributed by atoms with Gasteiger partial charge in [-0.05, 0) is 74.2 Å². The van der Waals surface area contributed by atoms with E-state index in [1.54, 1.807) is 27.7 Å². The summed E-state index contributed by atoms with van der Waals surface area (Å²) in [4.78, 5) is 73.0. The summed E-state index contributed by atoms with van der Waals surface area (Å²) < 4.78 is 95.1. The highest BCUT2D eigenvalue weighted by Gasteiger charge is 2.38. The largest absolute Gasteiger partial charge is 0.481 e. The fraction of sp³-hybridized carbons (Fsp3) is 0.346. The first-order valence-corrected chi connectivity index (χ1v) is 27.4. The lowest BCUT2D eigenvalue weighted by Crippen LogP contribution is -2.43. The first-order valence-electron chi connectivity index (χ1n) is 24.2. The Labute approximate surface area is 440 Å². The molecule has 2 amide bonds. The number of aliphatic hydroxyl groups is 1. The van der Waals surface area contributed by atoms with Crippen molar-refractivity contribution in [2.24, 2.45) is 0 Å². The van der Waals surface area contributed by atoms with Crippen LogP contribution in [0.3, 0.4) is 0 Å². The van der Waals surface area contributed by atoms with Gasteiger partial charge in [0, 0.05) is 13.1 Å². The van der Waals surface area contributed by atoms with Crippen LogP contribution in [0.15, 0.2) is 107 Å². The summed E-state index contributed by atoms with van der Waals surface area (Å²) in [5.41, 5.74) is -1.38. The number of amides is 2. The topological polar surface area (TPSA) is 267 Å². The summed E-state index contributed by atoms with van der Waals surface area (Å²) in [6.07, 6.45) is 0. The van der Waals surface area contributed by atoms with Crippen molar-refractivity contribution in [3.63, 3.8) is 0 Å².